The molecule has 8 nitrogen and oxygen atoms in total. The Hall–Kier alpha value is -2.98. The van der Waals surface area contributed by atoms with Crippen LogP contribution in [-0.4, -0.2) is 40.7 Å². The van der Waals surface area contributed by atoms with Crippen LogP contribution < -0.4 is 15.0 Å². The minimum absolute atomic E-state index is 0.0795. The van der Waals surface area contributed by atoms with E-state index in [0.29, 0.717) is 23.2 Å². The van der Waals surface area contributed by atoms with E-state index < -0.39 is 5.92 Å². The van der Waals surface area contributed by atoms with E-state index in [-0.39, 0.29) is 18.2 Å². The van der Waals surface area contributed by atoms with E-state index in [9.17, 15) is 9.59 Å². The molecule has 10 heteroatoms. The number of amides is 2. The lowest BCUT2D eigenvalue weighted by Gasteiger charge is -2.16. The van der Waals surface area contributed by atoms with Crippen LogP contribution in [0.15, 0.2) is 53.0 Å². The minimum atomic E-state index is -0.437. The topological polar surface area (TPSA) is 97.3 Å². The van der Waals surface area contributed by atoms with E-state index in [1.54, 1.807) is 30.3 Å². The zero-order chi connectivity index (χ0) is 20.9. The second-order valence-corrected chi connectivity index (χ2v) is 8.78. The van der Waals surface area contributed by atoms with Gasteiger partial charge in [-0.2, -0.15) is 0 Å². The molecule has 30 heavy (non-hydrogen) atoms. The Balaban J connectivity index is 1.33. The van der Waals surface area contributed by atoms with Gasteiger partial charge in [0.2, 0.25) is 16.9 Å². The average molecular weight is 442 g/mol. The summed E-state index contributed by atoms with van der Waals surface area (Å²) in [4.78, 5) is 30.9. The summed E-state index contributed by atoms with van der Waals surface area (Å²) in [6.45, 7) is 0.330. The first-order valence-corrected chi connectivity index (χ1v) is 11.0. The largest absolute Gasteiger partial charge is 0.497 e. The Kier molecular flexibility index (Phi) is 6.24. The Morgan fingerprint density at radius 3 is 2.83 bits per heavy atom. The molecule has 2 aromatic heterocycles. The molecule has 1 aromatic carbocycles. The van der Waals surface area contributed by atoms with Gasteiger partial charge >= 0.3 is 0 Å². The van der Waals surface area contributed by atoms with E-state index >= 15 is 0 Å². The molecule has 1 N–H and O–H groups in total. The molecule has 0 spiro atoms. The summed E-state index contributed by atoms with van der Waals surface area (Å²) >= 11 is 2.82. The number of thioether (sulfide) groups is 1. The third kappa shape index (κ3) is 4.77. The van der Waals surface area contributed by atoms with Crippen LogP contribution in [0.3, 0.4) is 0 Å². The van der Waals surface area contributed by atoms with Gasteiger partial charge in [-0.1, -0.05) is 29.2 Å². The van der Waals surface area contributed by atoms with Gasteiger partial charge in [-0.25, -0.2) is 0 Å². The van der Waals surface area contributed by atoms with Crippen LogP contribution in [0.1, 0.15) is 12.1 Å². The van der Waals surface area contributed by atoms with Crippen LogP contribution in [0.5, 0.6) is 5.75 Å². The van der Waals surface area contributed by atoms with Crippen molar-refractivity contribution in [1.82, 2.24) is 15.2 Å². The van der Waals surface area contributed by atoms with Crippen LogP contribution in [-0.2, 0) is 15.3 Å². The number of nitrogens with one attached hydrogen (secondary N) is 1. The molecule has 0 radical (unpaired) electrons. The number of pyridine rings is 1. The second-order valence-electron chi connectivity index (χ2n) is 6.58. The number of anilines is 2. The first kappa shape index (κ1) is 20.3. The lowest BCUT2D eigenvalue weighted by molar-refractivity contribution is -0.122. The SMILES string of the molecule is COc1ccc(N2C[C@H](C(=O)Nc3nnc(SCc4ccccn4)s3)CC2=O)cc1. The summed E-state index contributed by atoms with van der Waals surface area (Å²) in [5.41, 5.74) is 1.70. The fourth-order valence-electron chi connectivity index (χ4n) is 3.04. The van der Waals surface area contributed by atoms with Gasteiger partial charge in [-0.3, -0.25) is 14.6 Å². The molecular weight excluding hydrogens is 422 g/mol. The normalized spacial score (nSPS) is 16.0. The minimum Gasteiger partial charge on any atom is -0.497 e. The van der Waals surface area contributed by atoms with Gasteiger partial charge in [0.15, 0.2) is 4.34 Å². The maximum Gasteiger partial charge on any atom is 0.231 e. The molecule has 3 aromatic rings. The highest BCUT2D eigenvalue weighted by atomic mass is 32.2. The summed E-state index contributed by atoms with van der Waals surface area (Å²) in [5.74, 6) is 0.652. The molecule has 3 heterocycles. The fraction of sp³-hybridized carbons (Fsp3) is 0.250. The first-order valence-electron chi connectivity index (χ1n) is 9.24. The number of aromatic nitrogens is 3. The highest BCUT2D eigenvalue weighted by Crippen LogP contribution is 2.30. The fourth-order valence-corrected chi connectivity index (χ4v) is 4.71. The van der Waals surface area contributed by atoms with Gasteiger partial charge in [-0.15, -0.1) is 10.2 Å². The highest BCUT2D eigenvalue weighted by Gasteiger charge is 2.35. The van der Waals surface area contributed by atoms with E-state index in [0.717, 1.165) is 15.7 Å². The van der Waals surface area contributed by atoms with Crippen molar-refractivity contribution in [2.24, 2.45) is 5.92 Å². The highest BCUT2D eigenvalue weighted by molar-refractivity contribution is 8.00. The number of nitrogens with zero attached hydrogens (tertiary/aromatic N) is 4. The van der Waals surface area contributed by atoms with E-state index in [2.05, 4.69) is 20.5 Å². The van der Waals surface area contributed by atoms with Gasteiger partial charge in [0.25, 0.3) is 0 Å². The summed E-state index contributed by atoms with van der Waals surface area (Å²) in [6, 6.07) is 13.0. The molecule has 154 valence electrons. The summed E-state index contributed by atoms with van der Waals surface area (Å²) < 4.78 is 5.89. The van der Waals surface area contributed by atoms with Gasteiger partial charge in [0.05, 0.1) is 18.7 Å². The van der Waals surface area contributed by atoms with Crippen molar-refractivity contribution in [2.75, 3.05) is 23.9 Å². The van der Waals surface area contributed by atoms with Crippen LogP contribution in [0, 0.1) is 5.92 Å². The molecule has 1 atom stereocenters. The zero-order valence-corrected chi connectivity index (χ0v) is 17.8. The summed E-state index contributed by atoms with van der Waals surface area (Å²) in [7, 11) is 1.59. The number of ether oxygens (including phenoxy) is 1. The van der Waals surface area contributed by atoms with Crippen molar-refractivity contribution in [3.8, 4) is 5.75 Å². The maximum atomic E-state index is 12.6. The van der Waals surface area contributed by atoms with Crippen LogP contribution in [0.2, 0.25) is 0 Å². The summed E-state index contributed by atoms with van der Waals surface area (Å²) in [5, 5.41) is 11.4. The van der Waals surface area contributed by atoms with Gasteiger partial charge in [-0.05, 0) is 36.4 Å². The smallest absolute Gasteiger partial charge is 0.231 e. The van der Waals surface area contributed by atoms with Crippen LogP contribution >= 0.6 is 23.1 Å². The first-order chi connectivity index (χ1) is 14.6. The molecule has 1 aliphatic heterocycles. The number of benzene rings is 1. The lowest BCUT2D eigenvalue weighted by atomic mass is 10.1. The Morgan fingerprint density at radius 2 is 2.10 bits per heavy atom. The number of hydrogen-bond donors (Lipinski definition) is 1. The summed E-state index contributed by atoms with van der Waals surface area (Å²) in [6.07, 6.45) is 1.91. The molecule has 1 aliphatic rings. The molecule has 2 amide bonds. The quantitative estimate of drug-likeness (QED) is 0.444. The zero-order valence-electron chi connectivity index (χ0n) is 16.1. The Bertz CT molecular complexity index is 1030. The molecule has 0 unspecified atom stereocenters. The maximum absolute atomic E-state index is 12.6. The van der Waals surface area contributed by atoms with Gasteiger partial charge in [0.1, 0.15) is 5.75 Å². The Labute approximate surface area is 181 Å². The van der Waals surface area contributed by atoms with Gasteiger partial charge in [0, 0.05) is 30.6 Å². The predicted molar refractivity (Wildman–Crippen MR) is 116 cm³/mol. The van der Waals surface area contributed by atoms with E-state index in [1.807, 2.05) is 30.3 Å². The molecule has 1 fully saturated rings. The monoisotopic (exact) mass is 441 g/mol. The van der Waals surface area contributed by atoms with Gasteiger partial charge < -0.3 is 15.0 Å². The third-order valence-corrected chi connectivity index (χ3v) is 6.59. The molecule has 4 rings (SSSR count). The number of carbonyl (C=O) groups is 2. The van der Waals surface area contributed by atoms with Crippen molar-refractivity contribution in [3.05, 3.63) is 54.4 Å². The van der Waals surface area contributed by atoms with Crippen molar-refractivity contribution in [2.45, 2.75) is 16.5 Å². The van der Waals surface area contributed by atoms with E-state index in [1.165, 1.54) is 23.1 Å². The molecule has 0 saturated carbocycles. The lowest BCUT2D eigenvalue weighted by Crippen LogP contribution is -2.28. The Morgan fingerprint density at radius 1 is 1.27 bits per heavy atom. The number of methoxy groups -OCH3 is 1. The van der Waals surface area contributed by atoms with Crippen molar-refractivity contribution in [3.63, 3.8) is 0 Å². The second kappa shape index (κ2) is 9.23. The molecule has 0 aliphatic carbocycles. The van der Waals surface area contributed by atoms with Crippen molar-refractivity contribution in [1.29, 1.82) is 0 Å². The number of carbonyl (C=O) groups excluding carboxylic acids is 2. The molecule has 0 bridgehead atoms. The van der Waals surface area contributed by atoms with E-state index in [4.69, 9.17) is 4.74 Å². The molecular formula is C20H19N5O3S2. The molecule has 1 saturated heterocycles. The van der Waals surface area contributed by atoms with Crippen molar-refractivity contribution < 1.29 is 14.3 Å². The third-order valence-electron chi connectivity index (χ3n) is 4.59. The van der Waals surface area contributed by atoms with Crippen molar-refractivity contribution >= 4 is 45.7 Å². The average Bonchev–Trinajstić information content (AvgIpc) is 3.39. The van der Waals surface area contributed by atoms with Crippen LogP contribution in [0.4, 0.5) is 10.8 Å². The standard InChI is InChI=1S/C20H19N5O3S2/c1-28-16-7-5-15(6-8-16)25-11-13(10-17(25)26)18(27)22-19-23-24-20(30-19)29-12-14-4-2-3-9-21-14/h2-9,13H,10-12H2,1H3,(H,22,23,27)/t13-/m1/s1. The number of rotatable bonds is 7. The van der Waals surface area contributed by atoms with Crippen LogP contribution in [0.25, 0.3) is 0 Å². The number of hydrogen-bond acceptors (Lipinski definition) is 8. The predicted octanol–water partition coefficient (Wildman–Crippen LogP) is 3.23.